The van der Waals surface area contributed by atoms with Crippen molar-refractivity contribution in [3.8, 4) is 11.1 Å². The highest BCUT2D eigenvalue weighted by Crippen LogP contribution is 2.37. The van der Waals surface area contributed by atoms with E-state index >= 15 is 4.39 Å². The maximum absolute atomic E-state index is 15.0. The monoisotopic (exact) mass is 568 g/mol. The summed E-state index contributed by atoms with van der Waals surface area (Å²) < 4.78 is 19.6. The number of pyridine rings is 2. The molecule has 0 bridgehead atoms. The summed E-state index contributed by atoms with van der Waals surface area (Å²) in [7, 11) is 0. The summed E-state index contributed by atoms with van der Waals surface area (Å²) in [6, 6.07) is 25.3. The van der Waals surface area contributed by atoms with Crippen molar-refractivity contribution in [3.05, 3.63) is 129 Å². The molecule has 0 unspecified atom stereocenters. The molecule has 6 nitrogen and oxygen atoms in total. The number of para-hydroxylation sites is 1. The molecule has 0 spiro atoms. The molecule has 0 fully saturated rings. The van der Waals surface area contributed by atoms with Crippen molar-refractivity contribution < 1.29 is 9.18 Å². The Morgan fingerprint density at radius 3 is 2.62 bits per heavy atom. The minimum absolute atomic E-state index is 0.124. The number of halogens is 2. The number of hydrogen-bond donors (Lipinski definition) is 2. The van der Waals surface area contributed by atoms with Gasteiger partial charge in [0, 0.05) is 38.6 Å². The van der Waals surface area contributed by atoms with E-state index in [2.05, 4.69) is 14.7 Å². The first kappa shape index (κ1) is 25.9. The van der Waals surface area contributed by atoms with E-state index in [-0.39, 0.29) is 23.0 Å². The van der Waals surface area contributed by atoms with Crippen LogP contribution < -0.4 is 10.3 Å². The number of nitrogens with zero attached hydrogens (tertiary/aromatic N) is 2. The van der Waals surface area contributed by atoms with Gasteiger partial charge in [0.15, 0.2) is 0 Å². The fourth-order valence-corrected chi connectivity index (χ4v) is 5.63. The van der Waals surface area contributed by atoms with Gasteiger partial charge >= 0.3 is 0 Å². The van der Waals surface area contributed by atoms with Crippen molar-refractivity contribution in [1.29, 1.82) is 0 Å². The van der Waals surface area contributed by atoms with E-state index in [1.165, 1.54) is 12.3 Å². The number of rotatable bonds is 6. The number of aromatic amines is 1. The number of aryl methyl sites for hydroxylation is 1. The van der Waals surface area contributed by atoms with Gasteiger partial charge in [0.05, 0.1) is 17.6 Å². The van der Waals surface area contributed by atoms with Gasteiger partial charge in [-0.3, -0.25) is 14.3 Å². The van der Waals surface area contributed by atoms with Gasteiger partial charge in [-0.1, -0.05) is 48.0 Å². The van der Waals surface area contributed by atoms with Crippen LogP contribution in [-0.2, 0) is 6.54 Å². The molecular formula is C31H22ClFN4O2S. The van der Waals surface area contributed by atoms with E-state index in [1.54, 1.807) is 29.7 Å². The van der Waals surface area contributed by atoms with Crippen molar-refractivity contribution in [2.45, 2.75) is 18.4 Å². The van der Waals surface area contributed by atoms with Gasteiger partial charge in [-0.2, -0.15) is 0 Å². The molecule has 9 heteroatoms. The number of nitrogens with one attached hydrogen (secondary N) is 2. The highest BCUT2D eigenvalue weighted by Gasteiger charge is 2.27. The number of fused-ring (bicyclic) bond motifs is 2. The Morgan fingerprint density at radius 2 is 1.82 bits per heavy atom. The molecule has 0 saturated heterocycles. The summed E-state index contributed by atoms with van der Waals surface area (Å²) in [5.41, 5.74) is 2.81. The van der Waals surface area contributed by atoms with Gasteiger partial charge in [-0.05, 0) is 73.0 Å². The lowest BCUT2D eigenvalue weighted by Crippen LogP contribution is -2.22. The van der Waals surface area contributed by atoms with E-state index in [0.717, 1.165) is 27.7 Å². The third-order valence-electron chi connectivity index (χ3n) is 6.73. The second kappa shape index (κ2) is 10.6. The molecule has 198 valence electrons. The molecule has 6 aromatic rings. The molecule has 2 N–H and O–H groups in total. The molecule has 3 heterocycles. The van der Waals surface area contributed by atoms with Crippen LogP contribution in [0, 0.1) is 12.7 Å². The van der Waals surface area contributed by atoms with Crippen molar-refractivity contribution >= 4 is 51.3 Å². The lowest BCUT2D eigenvalue weighted by Gasteiger charge is -2.14. The zero-order chi connectivity index (χ0) is 27.8. The average molecular weight is 569 g/mol. The van der Waals surface area contributed by atoms with Crippen LogP contribution in [-0.4, -0.2) is 20.4 Å². The normalized spacial score (nSPS) is 11.3. The topological polar surface area (TPSA) is 79.8 Å². The van der Waals surface area contributed by atoms with Crippen molar-refractivity contribution in [1.82, 2.24) is 19.3 Å². The standard InChI is InChI=1S/C31H22ClFN4O2S/c1-18-14-23-26(16-24(18)33)37(17-20-15-19-8-5-6-12-25(19)35-29(20)32)28(27(23)22-11-7-13-34-30(22)38)31(39)36-40-21-9-3-2-4-10-21/h2-16H,17H2,1H3,(H,34,38)(H,36,39). The van der Waals surface area contributed by atoms with Gasteiger partial charge in [-0.15, -0.1) is 0 Å². The largest absolute Gasteiger partial charge is 0.331 e. The molecule has 6 rings (SSSR count). The molecular weight excluding hydrogens is 547 g/mol. The molecule has 3 aromatic heterocycles. The Kier molecular flexibility index (Phi) is 6.88. The fraction of sp³-hybridized carbons (Fsp3) is 0.0645. The van der Waals surface area contributed by atoms with Crippen LogP contribution in [0.2, 0.25) is 5.15 Å². The van der Waals surface area contributed by atoms with Crippen molar-refractivity contribution in [2.24, 2.45) is 0 Å². The summed E-state index contributed by atoms with van der Waals surface area (Å²) in [5.74, 6) is -0.862. The van der Waals surface area contributed by atoms with Crippen LogP contribution in [0.25, 0.3) is 32.9 Å². The van der Waals surface area contributed by atoms with E-state index in [1.807, 2.05) is 60.7 Å². The van der Waals surface area contributed by atoms with Crippen LogP contribution in [0.15, 0.2) is 101 Å². The molecule has 0 atom stereocenters. The first-order valence-corrected chi connectivity index (χ1v) is 13.7. The average Bonchev–Trinajstić information content (AvgIpc) is 3.25. The molecule has 0 radical (unpaired) electrons. The van der Waals surface area contributed by atoms with E-state index in [0.29, 0.717) is 33.2 Å². The first-order valence-electron chi connectivity index (χ1n) is 12.5. The first-order chi connectivity index (χ1) is 19.4. The number of hydrogen-bond acceptors (Lipinski definition) is 4. The lowest BCUT2D eigenvalue weighted by molar-refractivity contribution is 0.0977. The molecule has 0 saturated carbocycles. The zero-order valence-corrected chi connectivity index (χ0v) is 22.8. The molecule has 0 aliphatic rings. The third-order valence-corrected chi connectivity index (χ3v) is 7.85. The number of H-pyrrole nitrogens is 1. The van der Waals surface area contributed by atoms with Crippen LogP contribution >= 0.6 is 23.5 Å². The summed E-state index contributed by atoms with van der Waals surface area (Å²) in [6.07, 6.45) is 1.53. The number of carbonyl (C=O) groups is 1. The molecule has 0 aliphatic heterocycles. The summed E-state index contributed by atoms with van der Waals surface area (Å²) in [4.78, 5) is 35.1. The Morgan fingerprint density at radius 1 is 1.05 bits per heavy atom. The van der Waals surface area contributed by atoms with Gasteiger partial charge < -0.3 is 9.55 Å². The van der Waals surface area contributed by atoms with Crippen LogP contribution in [0.3, 0.4) is 0 Å². The number of amides is 1. The van der Waals surface area contributed by atoms with E-state index in [4.69, 9.17) is 11.6 Å². The van der Waals surface area contributed by atoms with Gasteiger partial charge in [-0.25, -0.2) is 9.37 Å². The number of carbonyl (C=O) groups excluding carboxylic acids is 1. The number of benzene rings is 3. The van der Waals surface area contributed by atoms with Crippen LogP contribution in [0.5, 0.6) is 0 Å². The highest BCUT2D eigenvalue weighted by molar-refractivity contribution is 7.98. The number of aromatic nitrogens is 3. The Balaban J connectivity index is 1.59. The van der Waals surface area contributed by atoms with Crippen LogP contribution in [0.1, 0.15) is 21.6 Å². The molecule has 1 amide bonds. The maximum atomic E-state index is 15.0. The minimum atomic E-state index is -0.439. The molecule has 3 aromatic carbocycles. The maximum Gasteiger partial charge on any atom is 0.278 e. The van der Waals surface area contributed by atoms with Crippen molar-refractivity contribution in [3.63, 3.8) is 0 Å². The van der Waals surface area contributed by atoms with Gasteiger partial charge in [0.25, 0.3) is 11.5 Å². The predicted molar refractivity (Wildman–Crippen MR) is 158 cm³/mol. The highest BCUT2D eigenvalue weighted by atomic mass is 35.5. The summed E-state index contributed by atoms with van der Waals surface area (Å²) in [6.45, 7) is 1.78. The molecule has 0 aliphatic carbocycles. The minimum Gasteiger partial charge on any atom is -0.331 e. The smallest absolute Gasteiger partial charge is 0.278 e. The predicted octanol–water partition coefficient (Wildman–Crippen LogP) is 7.13. The van der Waals surface area contributed by atoms with Crippen LogP contribution in [0.4, 0.5) is 4.39 Å². The SMILES string of the molecule is Cc1cc2c(-c3ccc[nH]c3=O)c(C(=O)NSc3ccccc3)n(Cc3cc4ccccc4nc3Cl)c2cc1F. The Labute approximate surface area is 238 Å². The lowest BCUT2D eigenvalue weighted by atomic mass is 10.0. The van der Waals surface area contributed by atoms with Gasteiger partial charge in [0.1, 0.15) is 16.7 Å². The van der Waals surface area contributed by atoms with Gasteiger partial charge in [0.2, 0.25) is 0 Å². The van der Waals surface area contributed by atoms with Crippen molar-refractivity contribution in [2.75, 3.05) is 0 Å². The molecule has 40 heavy (non-hydrogen) atoms. The zero-order valence-electron chi connectivity index (χ0n) is 21.2. The van der Waals surface area contributed by atoms with E-state index in [9.17, 15) is 9.59 Å². The second-order valence-electron chi connectivity index (χ2n) is 9.32. The fourth-order valence-electron chi connectivity index (χ4n) is 4.83. The summed E-state index contributed by atoms with van der Waals surface area (Å²) >= 11 is 7.78. The van der Waals surface area contributed by atoms with E-state index < -0.39 is 11.7 Å². The quantitative estimate of drug-likeness (QED) is 0.165. The Hall–Kier alpha value is -4.40. The second-order valence-corrected chi connectivity index (χ2v) is 10.6. The Bertz CT molecular complexity index is 1970. The summed E-state index contributed by atoms with van der Waals surface area (Å²) in [5, 5.41) is 1.73. The third kappa shape index (κ3) is 4.76.